The first-order chi connectivity index (χ1) is 13.2. The van der Waals surface area contributed by atoms with Crippen LogP contribution in [0.25, 0.3) is 11.5 Å². The third-order valence-corrected chi connectivity index (χ3v) is 4.27. The van der Waals surface area contributed by atoms with Gasteiger partial charge in [-0.2, -0.15) is 0 Å². The minimum Gasteiger partial charge on any atom is -0.497 e. The molecule has 0 atom stereocenters. The molecule has 0 fully saturated rings. The Kier molecular flexibility index (Phi) is 6.14. The molecular weight excluding hydrogens is 344 g/mol. The normalized spacial score (nSPS) is 10.6. The number of likely N-dealkylation sites (N-methyl/N-ethyl adjacent to an activating group) is 1. The van der Waals surface area contributed by atoms with Crippen LogP contribution in [-0.2, 0) is 17.6 Å². The third kappa shape index (κ3) is 5.13. The molecule has 0 saturated heterocycles. The summed E-state index contributed by atoms with van der Waals surface area (Å²) in [5.41, 5.74) is 1.97. The van der Waals surface area contributed by atoms with Crippen LogP contribution in [0.15, 0.2) is 53.2 Å². The summed E-state index contributed by atoms with van der Waals surface area (Å²) in [7, 11) is 3.42. The zero-order chi connectivity index (χ0) is 19.1. The number of carbonyl (C=O) groups excluding carboxylic acids is 1. The van der Waals surface area contributed by atoms with Gasteiger partial charge in [-0.3, -0.25) is 9.78 Å². The first-order valence-corrected chi connectivity index (χ1v) is 8.75. The predicted octanol–water partition coefficient (Wildman–Crippen LogP) is 2.77. The molecule has 0 saturated carbocycles. The summed E-state index contributed by atoms with van der Waals surface area (Å²) in [6, 6.07) is 11.3. The number of carbonyl (C=O) groups is 1. The first-order valence-electron chi connectivity index (χ1n) is 8.75. The minimum absolute atomic E-state index is 0.0493. The van der Waals surface area contributed by atoms with E-state index in [1.54, 1.807) is 31.5 Å². The number of amides is 1. The molecule has 3 aromatic rings. The van der Waals surface area contributed by atoms with Crippen LogP contribution in [-0.4, -0.2) is 46.7 Å². The van der Waals surface area contributed by atoms with E-state index >= 15 is 0 Å². The average Bonchev–Trinajstić information content (AvgIpc) is 3.20. The van der Waals surface area contributed by atoms with E-state index in [2.05, 4.69) is 15.2 Å². The molecule has 0 radical (unpaired) electrons. The van der Waals surface area contributed by atoms with Gasteiger partial charge in [0.25, 0.3) is 0 Å². The van der Waals surface area contributed by atoms with Gasteiger partial charge in [-0.15, -0.1) is 10.2 Å². The van der Waals surface area contributed by atoms with Gasteiger partial charge >= 0.3 is 0 Å². The number of pyridine rings is 1. The van der Waals surface area contributed by atoms with Gasteiger partial charge in [-0.25, -0.2) is 0 Å². The highest BCUT2D eigenvalue weighted by atomic mass is 16.5. The summed E-state index contributed by atoms with van der Waals surface area (Å²) in [4.78, 5) is 18.0. The molecule has 0 aliphatic carbocycles. The van der Waals surface area contributed by atoms with Crippen molar-refractivity contribution in [3.8, 4) is 17.2 Å². The Balaban J connectivity index is 1.49. The highest BCUT2D eigenvalue weighted by molar-refractivity contribution is 5.76. The van der Waals surface area contributed by atoms with E-state index in [0.29, 0.717) is 31.2 Å². The Morgan fingerprint density at radius 3 is 2.52 bits per heavy atom. The van der Waals surface area contributed by atoms with Crippen molar-refractivity contribution in [3.05, 3.63) is 60.2 Å². The fraction of sp³-hybridized carbons (Fsp3) is 0.300. The molecule has 0 aliphatic rings. The molecule has 0 spiro atoms. The van der Waals surface area contributed by atoms with Crippen molar-refractivity contribution in [1.29, 1.82) is 0 Å². The molecule has 2 heterocycles. The van der Waals surface area contributed by atoms with E-state index in [-0.39, 0.29) is 5.91 Å². The Morgan fingerprint density at radius 1 is 1.07 bits per heavy atom. The Labute approximate surface area is 158 Å². The van der Waals surface area contributed by atoms with E-state index in [9.17, 15) is 4.79 Å². The molecule has 1 aromatic carbocycles. The van der Waals surface area contributed by atoms with Gasteiger partial charge in [-0.1, -0.05) is 0 Å². The van der Waals surface area contributed by atoms with Gasteiger partial charge < -0.3 is 14.1 Å². The van der Waals surface area contributed by atoms with Crippen molar-refractivity contribution in [1.82, 2.24) is 20.1 Å². The Morgan fingerprint density at radius 2 is 1.81 bits per heavy atom. The lowest BCUT2D eigenvalue weighted by Crippen LogP contribution is -2.29. The van der Waals surface area contributed by atoms with Crippen molar-refractivity contribution >= 4 is 5.91 Å². The monoisotopic (exact) mass is 366 g/mol. The second kappa shape index (κ2) is 8.93. The molecule has 27 heavy (non-hydrogen) atoms. The van der Waals surface area contributed by atoms with Gasteiger partial charge in [0, 0.05) is 44.4 Å². The van der Waals surface area contributed by atoms with Crippen LogP contribution in [0.2, 0.25) is 0 Å². The molecule has 7 nitrogen and oxygen atoms in total. The molecular formula is C20H22N4O3. The van der Waals surface area contributed by atoms with Crippen LogP contribution >= 0.6 is 0 Å². The predicted molar refractivity (Wildman–Crippen MR) is 100 cm³/mol. The van der Waals surface area contributed by atoms with Crippen molar-refractivity contribution < 1.29 is 13.9 Å². The maximum atomic E-state index is 12.3. The third-order valence-electron chi connectivity index (χ3n) is 4.27. The summed E-state index contributed by atoms with van der Waals surface area (Å²) in [6.45, 7) is 0.657. The second-order valence-corrected chi connectivity index (χ2v) is 6.15. The van der Waals surface area contributed by atoms with Gasteiger partial charge in [0.2, 0.25) is 17.7 Å². The maximum Gasteiger partial charge on any atom is 0.247 e. The number of aryl methyl sites for hydroxylation is 1. The van der Waals surface area contributed by atoms with Crippen molar-refractivity contribution in [2.45, 2.75) is 19.3 Å². The van der Waals surface area contributed by atoms with E-state index in [1.165, 1.54) is 0 Å². The van der Waals surface area contributed by atoms with E-state index in [1.807, 2.05) is 36.4 Å². The van der Waals surface area contributed by atoms with Crippen LogP contribution in [0.3, 0.4) is 0 Å². The van der Waals surface area contributed by atoms with Gasteiger partial charge in [0.05, 0.1) is 7.11 Å². The number of ether oxygens (including phenoxy) is 1. The van der Waals surface area contributed by atoms with Crippen LogP contribution in [0.5, 0.6) is 5.75 Å². The number of aromatic nitrogens is 3. The average molecular weight is 366 g/mol. The highest BCUT2D eigenvalue weighted by Crippen LogP contribution is 2.21. The number of benzene rings is 1. The molecule has 0 aliphatic heterocycles. The summed E-state index contributed by atoms with van der Waals surface area (Å²) in [5, 5.41) is 8.09. The van der Waals surface area contributed by atoms with Gasteiger partial charge in [0.15, 0.2) is 0 Å². The van der Waals surface area contributed by atoms with Crippen LogP contribution in [0, 0.1) is 0 Å². The minimum atomic E-state index is 0.0493. The SMILES string of the molecule is COc1ccc(-c2nnc(CCC(=O)N(C)CCc3ccncc3)o2)cc1. The van der Waals surface area contributed by atoms with E-state index in [4.69, 9.17) is 9.15 Å². The molecule has 0 bridgehead atoms. The van der Waals surface area contributed by atoms with Crippen LogP contribution in [0.4, 0.5) is 0 Å². The summed E-state index contributed by atoms with van der Waals surface area (Å²) in [5.74, 6) is 1.70. The van der Waals surface area contributed by atoms with Crippen molar-refractivity contribution in [3.63, 3.8) is 0 Å². The Hall–Kier alpha value is -3.22. The van der Waals surface area contributed by atoms with Crippen LogP contribution < -0.4 is 4.74 Å². The maximum absolute atomic E-state index is 12.3. The molecule has 0 unspecified atom stereocenters. The van der Waals surface area contributed by atoms with Gasteiger partial charge in [0.1, 0.15) is 5.75 Å². The summed E-state index contributed by atoms with van der Waals surface area (Å²) in [6.07, 6.45) is 5.06. The topological polar surface area (TPSA) is 81.4 Å². The second-order valence-electron chi connectivity index (χ2n) is 6.15. The smallest absolute Gasteiger partial charge is 0.247 e. The standard InChI is InChI=1S/C20H22N4O3/c1-24(14-11-15-9-12-21-13-10-15)19(25)8-7-18-22-23-20(27-18)16-3-5-17(26-2)6-4-16/h3-6,9-10,12-13H,7-8,11,14H2,1-2H3. The molecule has 7 heteroatoms. The fourth-order valence-corrected chi connectivity index (χ4v) is 2.58. The Bertz CT molecular complexity index is 862. The highest BCUT2D eigenvalue weighted by Gasteiger charge is 2.13. The molecule has 3 rings (SSSR count). The lowest BCUT2D eigenvalue weighted by Gasteiger charge is -2.16. The van der Waals surface area contributed by atoms with Crippen LogP contribution in [0.1, 0.15) is 17.9 Å². The number of nitrogens with zero attached hydrogens (tertiary/aromatic N) is 4. The van der Waals surface area contributed by atoms with Gasteiger partial charge in [-0.05, 0) is 48.4 Å². The molecule has 0 N–H and O–H groups in total. The number of hydrogen-bond donors (Lipinski definition) is 0. The number of hydrogen-bond acceptors (Lipinski definition) is 6. The largest absolute Gasteiger partial charge is 0.497 e. The quantitative estimate of drug-likeness (QED) is 0.610. The lowest BCUT2D eigenvalue weighted by atomic mass is 10.2. The lowest BCUT2D eigenvalue weighted by molar-refractivity contribution is -0.129. The molecule has 2 aromatic heterocycles. The fourth-order valence-electron chi connectivity index (χ4n) is 2.58. The summed E-state index contributed by atoms with van der Waals surface area (Å²) < 4.78 is 10.8. The first kappa shape index (κ1) is 18.6. The molecule has 140 valence electrons. The van der Waals surface area contributed by atoms with E-state index in [0.717, 1.165) is 23.3 Å². The molecule has 1 amide bonds. The van der Waals surface area contributed by atoms with E-state index < -0.39 is 0 Å². The van der Waals surface area contributed by atoms with Crippen molar-refractivity contribution in [2.24, 2.45) is 0 Å². The summed E-state index contributed by atoms with van der Waals surface area (Å²) >= 11 is 0. The number of methoxy groups -OCH3 is 1. The van der Waals surface area contributed by atoms with Crippen molar-refractivity contribution in [2.75, 3.05) is 20.7 Å². The number of rotatable bonds is 8. The zero-order valence-corrected chi connectivity index (χ0v) is 15.5. The zero-order valence-electron chi connectivity index (χ0n) is 15.5.